The van der Waals surface area contributed by atoms with Crippen LogP contribution < -0.4 is 5.32 Å². The highest BCUT2D eigenvalue weighted by Crippen LogP contribution is 2.23. The van der Waals surface area contributed by atoms with Crippen LogP contribution in [-0.2, 0) is 6.42 Å². The average molecular weight is 274 g/mol. The molecule has 0 aliphatic rings. The number of benzene rings is 2. The summed E-state index contributed by atoms with van der Waals surface area (Å²) in [7, 11) is 0. The van der Waals surface area contributed by atoms with Crippen molar-refractivity contribution in [2.45, 2.75) is 26.3 Å². The molecule has 2 rings (SSSR count). The second-order valence-electron chi connectivity index (χ2n) is 4.86. The third kappa shape index (κ3) is 4.09. The molecule has 0 aromatic heterocycles. The van der Waals surface area contributed by atoms with E-state index in [9.17, 15) is 0 Å². The van der Waals surface area contributed by atoms with E-state index in [1.54, 1.807) is 0 Å². The molecular weight excluding hydrogens is 254 g/mol. The quantitative estimate of drug-likeness (QED) is 0.843. The molecule has 0 aliphatic heterocycles. The van der Waals surface area contributed by atoms with Gasteiger partial charge in [-0.2, -0.15) is 0 Å². The molecule has 0 radical (unpaired) electrons. The number of hydrogen-bond acceptors (Lipinski definition) is 1. The van der Waals surface area contributed by atoms with Crippen molar-refractivity contribution in [2.75, 3.05) is 6.54 Å². The van der Waals surface area contributed by atoms with Gasteiger partial charge in [0.15, 0.2) is 0 Å². The van der Waals surface area contributed by atoms with Crippen LogP contribution >= 0.6 is 11.6 Å². The third-order valence-corrected chi connectivity index (χ3v) is 3.42. The molecule has 1 atom stereocenters. The van der Waals surface area contributed by atoms with E-state index < -0.39 is 0 Å². The number of rotatable bonds is 5. The molecular formula is C17H20ClN. The van der Waals surface area contributed by atoms with E-state index in [1.807, 2.05) is 6.07 Å². The fourth-order valence-electron chi connectivity index (χ4n) is 2.37. The monoisotopic (exact) mass is 273 g/mol. The molecule has 0 aliphatic carbocycles. The number of likely N-dealkylation sites (N-methyl/N-ethyl adjacent to an activating group) is 1. The Morgan fingerprint density at radius 1 is 1.11 bits per heavy atom. The fraction of sp³-hybridized carbons (Fsp3) is 0.294. The molecule has 2 heteroatoms. The maximum atomic E-state index is 6.17. The van der Waals surface area contributed by atoms with Gasteiger partial charge in [-0.1, -0.05) is 54.9 Å². The van der Waals surface area contributed by atoms with E-state index >= 15 is 0 Å². The van der Waals surface area contributed by atoms with E-state index in [-0.39, 0.29) is 0 Å². The van der Waals surface area contributed by atoms with Crippen molar-refractivity contribution in [1.29, 1.82) is 0 Å². The van der Waals surface area contributed by atoms with E-state index in [0.717, 1.165) is 18.0 Å². The topological polar surface area (TPSA) is 12.0 Å². The average Bonchev–Trinajstić information content (AvgIpc) is 2.38. The van der Waals surface area contributed by atoms with Gasteiger partial charge >= 0.3 is 0 Å². The summed E-state index contributed by atoms with van der Waals surface area (Å²) in [4.78, 5) is 0. The smallest absolute Gasteiger partial charge is 0.0411 e. The van der Waals surface area contributed by atoms with Gasteiger partial charge in [-0.15, -0.1) is 0 Å². The Morgan fingerprint density at radius 2 is 1.84 bits per heavy atom. The lowest BCUT2D eigenvalue weighted by molar-refractivity contribution is 0.549. The molecule has 0 fully saturated rings. The lowest BCUT2D eigenvalue weighted by Crippen LogP contribution is -2.23. The minimum Gasteiger partial charge on any atom is -0.310 e. The standard InChI is InChI=1S/C17H20ClN/c1-3-19-17(11-14-7-5-4-6-8-14)15-9-13(2)10-16(18)12-15/h4-10,12,17,19H,3,11H2,1-2H3. The zero-order valence-corrected chi connectivity index (χ0v) is 12.2. The molecule has 19 heavy (non-hydrogen) atoms. The van der Waals surface area contributed by atoms with Crippen molar-refractivity contribution in [3.8, 4) is 0 Å². The van der Waals surface area contributed by atoms with Crippen LogP contribution in [-0.4, -0.2) is 6.54 Å². The number of nitrogens with one attached hydrogen (secondary N) is 1. The van der Waals surface area contributed by atoms with Crippen molar-refractivity contribution in [1.82, 2.24) is 5.32 Å². The minimum absolute atomic E-state index is 0.310. The van der Waals surface area contributed by atoms with Crippen molar-refractivity contribution in [3.05, 3.63) is 70.2 Å². The van der Waals surface area contributed by atoms with E-state index in [1.165, 1.54) is 16.7 Å². The van der Waals surface area contributed by atoms with Crippen molar-refractivity contribution < 1.29 is 0 Å². The van der Waals surface area contributed by atoms with E-state index in [4.69, 9.17) is 11.6 Å². The predicted molar refractivity (Wildman–Crippen MR) is 82.8 cm³/mol. The first-order valence-electron chi connectivity index (χ1n) is 6.73. The summed E-state index contributed by atoms with van der Waals surface area (Å²) in [6.07, 6.45) is 0.981. The highest BCUT2D eigenvalue weighted by molar-refractivity contribution is 6.30. The van der Waals surface area contributed by atoms with Gasteiger partial charge in [-0.25, -0.2) is 0 Å². The molecule has 1 N–H and O–H groups in total. The van der Waals surface area contributed by atoms with E-state index in [0.29, 0.717) is 6.04 Å². The van der Waals surface area contributed by atoms with Crippen LogP contribution in [0.1, 0.15) is 29.7 Å². The summed E-state index contributed by atoms with van der Waals surface area (Å²) < 4.78 is 0. The molecule has 0 amide bonds. The number of halogens is 1. The first-order valence-corrected chi connectivity index (χ1v) is 7.11. The third-order valence-electron chi connectivity index (χ3n) is 3.20. The molecule has 0 saturated carbocycles. The zero-order valence-electron chi connectivity index (χ0n) is 11.5. The molecule has 0 saturated heterocycles. The van der Waals surface area contributed by atoms with Gasteiger partial charge in [0.2, 0.25) is 0 Å². The Morgan fingerprint density at radius 3 is 2.47 bits per heavy atom. The van der Waals surface area contributed by atoms with Crippen LogP contribution in [0.2, 0.25) is 5.02 Å². The highest BCUT2D eigenvalue weighted by Gasteiger charge is 2.12. The van der Waals surface area contributed by atoms with Crippen molar-refractivity contribution in [3.63, 3.8) is 0 Å². The van der Waals surface area contributed by atoms with Gasteiger partial charge in [0, 0.05) is 11.1 Å². The molecule has 100 valence electrons. The summed E-state index contributed by atoms with van der Waals surface area (Å²) >= 11 is 6.17. The second-order valence-corrected chi connectivity index (χ2v) is 5.30. The fourth-order valence-corrected chi connectivity index (χ4v) is 2.67. The summed E-state index contributed by atoms with van der Waals surface area (Å²) in [5.41, 5.74) is 3.81. The van der Waals surface area contributed by atoms with Gasteiger partial charge < -0.3 is 5.32 Å². The molecule has 1 unspecified atom stereocenters. The summed E-state index contributed by atoms with van der Waals surface area (Å²) in [5.74, 6) is 0. The summed E-state index contributed by atoms with van der Waals surface area (Å²) in [6, 6.07) is 17.1. The highest BCUT2D eigenvalue weighted by atomic mass is 35.5. The normalized spacial score (nSPS) is 12.4. The SMILES string of the molecule is CCNC(Cc1ccccc1)c1cc(C)cc(Cl)c1. The maximum Gasteiger partial charge on any atom is 0.0411 e. The Balaban J connectivity index is 2.24. The Hall–Kier alpha value is -1.31. The van der Waals surface area contributed by atoms with Gasteiger partial charge in [0.1, 0.15) is 0 Å². The molecule has 2 aromatic rings. The number of aryl methyl sites for hydroxylation is 1. The van der Waals surface area contributed by atoms with Crippen LogP contribution in [0.25, 0.3) is 0 Å². The molecule has 0 spiro atoms. The summed E-state index contributed by atoms with van der Waals surface area (Å²) in [5, 5.41) is 4.35. The largest absolute Gasteiger partial charge is 0.310 e. The van der Waals surface area contributed by atoms with Crippen molar-refractivity contribution >= 4 is 11.6 Å². The molecule has 1 nitrogen and oxygen atoms in total. The second kappa shape index (κ2) is 6.74. The minimum atomic E-state index is 0.310. The molecule has 0 heterocycles. The van der Waals surface area contributed by atoms with Crippen LogP contribution in [0.15, 0.2) is 48.5 Å². The Labute approximate surface area is 120 Å². The van der Waals surface area contributed by atoms with Gasteiger partial charge in [-0.05, 0) is 48.7 Å². The summed E-state index contributed by atoms with van der Waals surface area (Å²) in [6.45, 7) is 5.17. The Bertz CT molecular complexity index is 502. The molecule has 2 aromatic carbocycles. The first-order chi connectivity index (χ1) is 9.19. The van der Waals surface area contributed by atoms with E-state index in [2.05, 4.69) is 61.6 Å². The van der Waals surface area contributed by atoms with Crippen LogP contribution in [0.4, 0.5) is 0 Å². The first kappa shape index (κ1) is 14.1. The van der Waals surface area contributed by atoms with Crippen LogP contribution in [0, 0.1) is 6.92 Å². The molecule has 0 bridgehead atoms. The maximum absolute atomic E-state index is 6.17. The zero-order chi connectivity index (χ0) is 13.7. The Kier molecular flexibility index (Phi) is 5.00. The van der Waals surface area contributed by atoms with Crippen molar-refractivity contribution in [2.24, 2.45) is 0 Å². The van der Waals surface area contributed by atoms with Crippen LogP contribution in [0.3, 0.4) is 0 Å². The van der Waals surface area contributed by atoms with Gasteiger partial charge in [-0.3, -0.25) is 0 Å². The van der Waals surface area contributed by atoms with Crippen LogP contribution in [0.5, 0.6) is 0 Å². The van der Waals surface area contributed by atoms with Gasteiger partial charge in [0.25, 0.3) is 0 Å². The number of hydrogen-bond donors (Lipinski definition) is 1. The lowest BCUT2D eigenvalue weighted by atomic mass is 9.97. The lowest BCUT2D eigenvalue weighted by Gasteiger charge is -2.19. The predicted octanol–water partition coefficient (Wildman–Crippen LogP) is 4.54. The van der Waals surface area contributed by atoms with Gasteiger partial charge in [0.05, 0.1) is 0 Å².